The molecule has 0 aliphatic rings. The number of methoxy groups -OCH3 is 1. The maximum absolute atomic E-state index is 12.0. The van der Waals surface area contributed by atoms with E-state index >= 15 is 0 Å². The summed E-state index contributed by atoms with van der Waals surface area (Å²) in [7, 11) is 1.61. The van der Waals surface area contributed by atoms with Crippen molar-refractivity contribution in [3.8, 4) is 11.5 Å². The zero-order chi connectivity index (χ0) is 16.1. The van der Waals surface area contributed by atoms with Gasteiger partial charge >= 0.3 is 5.97 Å². The average Bonchev–Trinajstić information content (AvgIpc) is 3.03. The summed E-state index contributed by atoms with van der Waals surface area (Å²) < 4.78 is 15.8. The Morgan fingerprint density at radius 2 is 1.78 bits per heavy atom. The first-order valence-corrected chi connectivity index (χ1v) is 7.15. The molecular formula is C17H16N2O4. The summed E-state index contributed by atoms with van der Waals surface area (Å²) in [6.07, 6.45) is 0. The molecule has 2 aromatic carbocycles. The van der Waals surface area contributed by atoms with Crippen molar-refractivity contribution in [1.29, 1.82) is 0 Å². The molecule has 0 bridgehead atoms. The number of carbonyl (C=O) groups is 1. The number of hydrogen-bond acceptors (Lipinski definition) is 5. The second-order valence-corrected chi connectivity index (χ2v) is 4.78. The molecule has 0 radical (unpaired) electrons. The molecule has 1 heterocycles. The van der Waals surface area contributed by atoms with Gasteiger partial charge in [0.2, 0.25) is 0 Å². The fourth-order valence-electron chi connectivity index (χ4n) is 2.15. The lowest BCUT2D eigenvalue weighted by Crippen LogP contribution is -2.13. The Kier molecular flexibility index (Phi) is 4.42. The minimum atomic E-state index is -0.471. The lowest BCUT2D eigenvalue weighted by atomic mass is 10.2. The van der Waals surface area contributed by atoms with E-state index in [4.69, 9.17) is 14.2 Å². The highest BCUT2D eigenvalue weighted by Crippen LogP contribution is 2.17. The van der Waals surface area contributed by atoms with Crippen LogP contribution in [0.25, 0.3) is 10.9 Å². The van der Waals surface area contributed by atoms with Gasteiger partial charge in [-0.15, -0.1) is 0 Å². The minimum absolute atomic E-state index is 0.145. The smallest absolute Gasteiger partial charge is 0.359 e. The number of fused-ring (bicyclic) bond motifs is 1. The highest BCUT2D eigenvalue weighted by molar-refractivity contribution is 6.01. The topological polar surface area (TPSA) is 73.4 Å². The molecular weight excluding hydrogens is 296 g/mol. The van der Waals surface area contributed by atoms with Crippen LogP contribution in [0.2, 0.25) is 0 Å². The number of esters is 1. The van der Waals surface area contributed by atoms with Crippen LogP contribution < -0.4 is 9.47 Å². The molecule has 0 aliphatic heterocycles. The molecule has 0 atom stereocenters. The predicted octanol–water partition coefficient (Wildman–Crippen LogP) is 2.81. The number of nitrogens with one attached hydrogen (secondary N) is 1. The van der Waals surface area contributed by atoms with Crippen molar-refractivity contribution >= 4 is 16.9 Å². The molecule has 0 spiro atoms. The number of aromatic nitrogens is 2. The normalized spacial score (nSPS) is 10.5. The van der Waals surface area contributed by atoms with Crippen LogP contribution in [0.1, 0.15) is 10.5 Å². The molecule has 3 aromatic rings. The first kappa shape index (κ1) is 14.9. The van der Waals surface area contributed by atoms with Gasteiger partial charge in [-0.3, -0.25) is 5.10 Å². The maximum atomic E-state index is 12.0. The number of aromatic amines is 1. The van der Waals surface area contributed by atoms with E-state index in [-0.39, 0.29) is 18.9 Å². The van der Waals surface area contributed by atoms with Gasteiger partial charge in [-0.1, -0.05) is 18.2 Å². The van der Waals surface area contributed by atoms with Crippen molar-refractivity contribution < 1.29 is 19.0 Å². The number of benzene rings is 2. The van der Waals surface area contributed by atoms with Crippen molar-refractivity contribution in [3.05, 3.63) is 54.2 Å². The number of hydrogen-bond donors (Lipinski definition) is 1. The highest BCUT2D eigenvalue weighted by atomic mass is 16.6. The Labute approximate surface area is 133 Å². The van der Waals surface area contributed by atoms with Crippen molar-refractivity contribution in [2.24, 2.45) is 0 Å². The zero-order valence-electron chi connectivity index (χ0n) is 12.6. The Morgan fingerprint density at radius 1 is 1.04 bits per heavy atom. The second-order valence-electron chi connectivity index (χ2n) is 4.78. The van der Waals surface area contributed by atoms with Gasteiger partial charge in [-0.2, -0.15) is 5.10 Å². The standard InChI is InChI=1S/C17H16N2O4/c1-21-12-6-8-13(9-7-12)22-10-11-23-17(20)16-14-4-2-3-5-15(14)18-19-16/h2-9H,10-11H2,1H3,(H,18,19). The molecule has 23 heavy (non-hydrogen) atoms. The van der Waals surface area contributed by atoms with Crippen LogP contribution in [0.3, 0.4) is 0 Å². The third-order valence-electron chi connectivity index (χ3n) is 3.31. The fraction of sp³-hybridized carbons (Fsp3) is 0.176. The second kappa shape index (κ2) is 6.83. The molecule has 0 saturated carbocycles. The Bertz CT molecular complexity index is 796. The Balaban J connectivity index is 1.51. The molecule has 0 amide bonds. The number of nitrogens with zero attached hydrogens (tertiary/aromatic N) is 1. The number of para-hydroxylation sites is 1. The fourth-order valence-corrected chi connectivity index (χ4v) is 2.15. The molecule has 118 valence electrons. The largest absolute Gasteiger partial charge is 0.497 e. The molecule has 0 unspecified atom stereocenters. The molecule has 1 N–H and O–H groups in total. The first-order chi connectivity index (χ1) is 11.3. The first-order valence-electron chi connectivity index (χ1n) is 7.15. The van der Waals surface area contributed by atoms with Crippen LogP contribution in [0.15, 0.2) is 48.5 Å². The number of ether oxygens (including phenoxy) is 3. The van der Waals surface area contributed by atoms with Gasteiger partial charge in [0.1, 0.15) is 24.7 Å². The summed E-state index contributed by atoms with van der Waals surface area (Å²) in [4.78, 5) is 12.0. The van der Waals surface area contributed by atoms with E-state index in [1.54, 1.807) is 31.4 Å². The average molecular weight is 312 g/mol. The van der Waals surface area contributed by atoms with Gasteiger partial charge in [-0.25, -0.2) is 4.79 Å². The van der Waals surface area contributed by atoms with Gasteiger partial charge in [-0.05, 0) is 30.3 Å². The minimum Gasteiger partial charge on any atom is -0.497 e. The summed E-state index contributed by atoms with van der Waals surface area (Å²) >= 11 is 0. The van der Waals surface area contributed by atoms with Gasteiger partial charge in [0.15, 0.2) is 5.69 Å². The van der Waals surface area contributed by atoms with Gasteiger partial charge < -0.3 is 14.2 Å². The molecule has 3 rings (SSSR count). The van der Waals surface area contributed by atoms with E-state index in [9.17, 15) is 4.79 Å². The van der Waals surface area contributed by atoms with Crippen LogP contribution in [-0.2, 0) is 4.74 Å². The van der Waals surface area contributed by atoms with Crippen molar-refractivity contribution in [3.63, 3.8) is 0 Å². The lowest BCUT2D eigenvalue weighted by molar-refractivity contribution is 0.0446. The molecule has 6 heteroatoms. The van der Waals surface area contributed by atoms with Crippen LogP contribution in [0.5, 0.6) is 11.5 Å². The third-order valence-corrected chi connectivity index (χ3v) is 3.31. The summed E-state index contributed by atoms with van der Waals surface area (Å²) in [6, 6.07) is 14.6. The SMILES string of the molecule is COc1ccc(OCCOC(=O)c2n[nH]c3ccccc23)cc1. The van der Waals surface area contributed by atoms with E-state index < -0.39 is 5.97 Å². The zero-order valence-corrected chi connectivity index (χ0v) is 12.6. The molecule has 0 fully saturated rings. The summed E-state index contributed by atoms with van der Waals surface area (Å²) in [5.74, 6) is 0.974. The molecule has 0 saturated heterocycles. The van der Waals surface area contributed by atoms with Gasteiger partial charge in [0, 0.05) is 5.39 Å². The van der Waals surface area contributed by atoms with Crippen LogP contribution in [0.4, 0.5) is 0 Å². The Hall–Kier alpha value is -3.02. The van der Waals surface area contributed by atoms with Gasteiger partial charge in [0.05, 0.1) is 12.6 Å². The van der Waals surface area contributed by atoms with Crippen molar-refractivity contribution in [1.82, 2.24) is 10.2 Å². The van der Waals surface area contributed by atoms with E-state index in [2.05, 4.69) is 10.2 Å². The van der Waals surface area contributed by atoms with E-state index in [1.165, 1.54) is 0 Å². The predicted molar refractivity (Wildman–Crippen MR) is 84.9 cm³/mol. The highest BCUT2D eigenvalue weighted by Gasteiger charge is 2.14. The summed E-state index contributed by atoms with van der Waals surface area (Å²) in [5.41, 5.74) is 1.08. The number of H-pyrrole nitrogens is 1. The van der Waals surface area contributed by atoms with Crippen molar-refractivity contribution in [2.75, 3.05) is 20.3 Å². The summed E-state index contributed by atoms with van der Waals surface area (Å²) in [6.45, 7) is 0.409. The van der Waals surface area contributed by atoms with E-state index in [0.29, 0.717) is 5.75 Å². The quantitative estimate of drug-likeness (QED) is 0.559. The van der Waals surface area contributed by atoms with Crippen LogP contribution in [-0.4, -0.2) is 36.5 Å². The molecule has 0 aliphatic carbocycles. The van der Waals surface area contributed by atoms with Crippen LogP contribution >= 0.6 is 0 Å². The Morgan fingerprint density at radius 3 is 2.57 bits per heavy atom. The summed E-state index contributed by atoms with van der Waals surface area (Å²) in [5, 5.41) is 7.54. The molecule has 6 nitrogen and oxygen atoms in total. The molecule has 1 aromatic heterocycles. The van der Waals surface area contributed by atoms with Gasteiger partial charge in [0.25, 0.3) is 0 Å². The maximum Gasteiger partial charge on any atom is 0.359 e. The van der Waals surface area contributed by atoms with E-state index in [0.717, 1.165) is 16.7 Å². The lowest BCUT2D eigenvalue weighted by Gasteiger charge is -2.07. The van der Waals surface area contributed by atoms with Crippen LogP contribution in [0, 0.1) is 0 Å². The monoisotopic (exact) mass is 312 g/mol. The van der Waals surface area contributed by atoms with E-state index in [1.807, 2.05) is 24.3 Å². The number of carbonyl (C=O) groups excluding carboxylic acids is 1. The third kappa shape index (κ3) is 3.42. The van der Waals surface area contributed by atoms with Crippen molar-refractivity contribution in [2.45, 2.75) is 0 Å². The number of rotatable bonds is 6.